The van der Waals surface area contributed by atoms with E-state index in [4.69, 9.17) is 0 Å². The van der Waals surface area contributed by atoms with Crippen LogP contribution in [0.2, 0.25) is 0 Å². The normalized spacial score (nSPS) is 20.8. The Morgan fingerprint density at radius 3 is 2.22 bits per heavy atom. The summed E-state index contributed by atoms with van der Waals surface area (Å²) in [6.07, 6.45) is 5.38. The van der Waals surface area contributed by atoms with E-state index < -0.39 is 11.4 Å². The number of nitrogens with one attached hydrogen (secondary N) is 2. The van der Waals surface area contributed by atoms with E-state index in [9.17, 15) is 14.7 Å². The molecule has 0 heterocycles. The molecule has 104 valence electrons. The van der Waals surface area contributed by atoms with Gasteiger partial charge in [0.25, 0.3) is 0 Å². The minimum Gasteiger partial charge on any atom is -0.481 e. The molecule has 0 aliphatic heterocycles. The van der Waals surface area contributed by atoms with Crippen molar-refractivity contribution in [3.8, 4) is 0 Å². The van der Waals surface area contributed by atoms with Gasteiger partial charge < -0.3 is 15.7 Å². The molecule has 5 nitrogen and oxygen atoms in total. The number of carboxylic acid groups (broad SMARTS) is 1. The van der Waals surface area contributed by atoms with E-state index in [1.54, 1.807) is 14.0 Å². The highest BCUT2D eigenvalue weighted by Gasteiger charge is 2.39. The van der Waals surface area contributed by atoms with Crippen molar-refractivity contribution in [2.45, 2.75) is 51.5 Å². The largest absolute Gasteiger partial charge is 0.481 e. The minimum atomic E-state index is -0.776. The van der Waals surface area contributed by atoms with E-state index in [0.717, 1.165) is 25.7 Å². The second kappa shape index (κ2) is 6.73. The Bertz CT molecular complexity index is 297. The van der Waals surface area contributed by atoms with Crippen molar-refractivity contribution in [1.82, 2.24) is 10.6 Å². The van der Waals surface area contributed by atoms with Crippen molar-refractivity contribution in [3.05, 3.63) is 0 Å². The maximum atomic E-state index is 11.7. The van der Waals surface area contributed by atoms with Crippen LogP contribution in [0.5, 0.6) is 0 Å². The lowest BCUT2D eigenvalue weighted by molar-refractivity contribution is -0.149. The smallest absolute Gasteiger partial charge is 0.311 e. The third-order valence-electron chi connectivity index (χ3n) is 3.94. The van der Waals surface area contributed by atoms with Crippen LogP contribution in [0.1, 0.15) is 45.4 Å². The second-order valence-electron chi connectivity index (χ2n) is 5.23. The Balaban J connectivity index is 2.62. The number of carbonyl (C=O) groups excluding carboxylic acids is 1. The van der Waals surface area contributed by atoms with Crippen molar-refractivity contribution < 1.29 is 14.7 Å². The third kappa shape index (κ3) is 3.70. The van der Waals surface area contributed by atoms with E-state index in [2.05, 4.69) is 10.6 Å². The van der Waals surface area contributed by atoms with Gasteiger partial charge in [-0.1, -0.05) is 25.7 Å². The molecule has 0 aromatic carbocycles. The van der Waals surface area contributed by atoms with Crippen molar-refractivity contribution in [1.29, 1.82) is 0 Å². The standard InChI is InChI=1S/C13H24N2O3/c1-10(14-2)11(16)15-9-13(12(17)18)7-5-3-4-6-8-13/h10,14H,3-9H2,1-2H3,(H,15,16)(H,17,18). The highest BCUT2D eigenvalue weighted by molar-refractivity contribution is 5.82. The van der Waals surface area contributed by atoms with Gasteiger partial charge in [-0.05, 0) is 26.8 Å². The molecule has 1 atom stereocenters. The van der Waals surface area contributed by atoms with Crippen LogP contribution in [0.25, 0.3) is 0 Å². The predicted octanol–water partition coefficient (Wildman–Crippen LogP) is 1.14. The fourth-order valence-corrected chi connectivity index (χ4v) is 2.41. The van der Waals surface area contributed by atoms with Crippen LogP contribution in [-0.4, -0.2) is 36.6 Å². The number of carbonyl (C=O) groups is 2. The van der Waals surface area contributed by atoms with E-state index in [1.807, 2.05) is 0 Å². The Labute approximate surface area is 108 Å². The summed E-state index contributed by atoms with van der Waals surface area (Å²) < 4.78 is 0. The van der Waals surface area contributed by atoms with Crippen molar-refractivity contribution in [3.63, 3.8) is 0 Å². The summed E-state index contributed by atoms with van der Waals surface area (Å²) in [6, 6.07) is -0.290. The van der Waals surface area contributed by atoms with Gasteiger partial charge in [-0.3, -0.25) is 9.59 Å². The fraction of sp³-hybridized carbons (Fsp3) is 0.846. The van der Waals surface area contributed by atoms with Crippen LogP contribution in [0.15, 0.2) is 0 Å². The minimum absolute atomic E-state index is 0.137. The van der Waals surface area contributed by atoms with Crippen molar-refractivity contribution >= 4 is 11.9 Å². The molecule has 0 aromatic heterocycles. The van der Waals surface area contributed by atoms with Gasteiger partial charge in [0.2, 0.25) is 5.91 Å². The molecule has 0 radical (unpaired) electrons. The first-order valence-corrected chi connectivity index (χ1v) is 6.70. The maximum Gasteiger partial charge on any atom is 0.311 e. The van der Waals surface area contributed by atoms with Gasteiger partial charge in [-0.25, -0.2) is 0 Å². The van der Waals surface area contributed by atoms with Crippen LogP contribution < -0.4 is 10.6 Å². The first kappa shape index (κ1) is 15.0. The molecule has 1 aliphatic carbocycles. The molecule has 0 spiro atoms. The molecule has 1 saturated carbocycles. The summed E-state index contributed by atoms with van der Waals surface area (Å²) in [5.41, 5.74) is -0.764. The number of carboxylic acids is 1. The number of rotatable bonds is 5. The molecule has 0 bridgehead atoms. The number of aliphatic carboxylic acids is 1. The average molecular weight is 256 g/mol. The SMILES string of the molecule is CNC(C)C(=O)NCC1(C(=O)O)CCCCCC1. The molecular formula is C13H24N2O3. The quantitative estimate of drug-likeness (QED) is 0.644. The fourth-order valence-electron chi connectivity index (χ4n) is 2.41. The van der Waals surface area contributed by atoms with E-state index in [1.165, 1.54) is 0 Å². The van der Waals surface area contributed by atoms with Crippen LogP contribution in [-0.2, 0) is 9.59 Å². The summed E-state index contributed by atoms with van der Waals surface area (Å²) in [6.45, 7) is 2.00. The molecule has 5 heteroatoms. The van der Waals surface area contributed by atoms with Gasteiger partial charge in [0.15, 0.2) is 0 Å². The first-order valence-electron chi connectivity index (χ1n) is 6.70. The molecule has 1 fully saturated rings. The number of hydrogen-bond donors (Lipinski definition) is 3. The van der Waals surface area contributed by atoms with Gasteiger partial charge in [0, 0.05) is 6.54 Å². The van der Waals surface area contributed by atoms with Crippen LogP contribution in [0, 0.1) is 5.41 Å². The summed E-state index contributed by atoms with van der Waals surface area (Å²) in [5.74, 6) is -0.913. The zero-order valence-corrected chi connectivity index (χ0v) is 11.3. The Morgan fingerprint density at radius 1 is 1.22 bits per heavy atom. The Kier molecular flexibility index (Phi) is 5.59. The number of hydrogen-bond acceptors (Lipinski definition) is 3. The summed E-state index contributed by atoms with van der Waals surface area (Å²) in [4.78, 5) is 23.2. The monoisotopic (exact) mass is 256 g/mol. The zero-order chi connectivity index (χ0) is 13.6. The van der Waals surface area contributed by atoms with E-state index >= 15 is 0 Å². The lowest BCUT2D eigenvalue weighted by Crippen LogP contribution is -2.47. The molecule has 3 N–H and O–H groups in total. The third-order valence-corrected chi connectivity index (χ3v) is 3.94. The number of likely N-dealkylation sites (N-methyl/N-ethyl adjacent to an activating group) is 1. The first-order chi connectivity index (χ1) is 8.52. The predicted molar refractivity (Wildman–Crippen MR) is 69.3 cm³/mol. The molecule has 1 aliphatic rings. The van der Waals surface area contributed by atoms with Crippen LogP contribution in [0.3, 0.4) is 0 Å². The topological polar surface area (TPSA) is 78.4 Å². The Morgan fingerprint density at radius 2 is 1.78 bits per heavy atom. The molecule has 1 unspecified atom stereocenters. The molecular weight excluding hydrogens is 232 g/mol. The highest BCUT2D eigenvalue weighted by Crippen LogP contribution is 2.34. The highest BCUT2D eigenvalue weighted by atomic mass is 16.4. The maximum absolute atomic E-state index is 11.7. The van der Waals surface area contributed by atoms with Gasteiger partial charge >= 0.3 is 5.97 Å². The van der Waals surface area contributed by atoms with E-state index in [-0.39, 0.29) is 18.5 Å². The summed E-state index contributed by atoms with van der Waals surface area (Å²) >= 11 is 0. The Hall–Kier alpha value is -1.10. The summed E-state index contributed by atoms with van der Waals surface area (Å²) in [5, 5.41) is 15.1. The zero-order valence-electron chi connectivity index (χ0n) is 11.3. The molecule has 1 amide bonds. The van der Waals surface area contributed by atoms with Crippen molar-refractivity contribution in [2.75, 3.05) is 13.6 Å². The lowest BCUT2D eigenvalue weighted by Gasteiger charge is -2.28. The van der Waals surface area contributed by atoms with Gasteiger partial charge in [-0.15, -0.1) is 0 Å². The van der Waals surface area contributed by atoms with Crippen LogP contribution in [0.4, 0.5) is 0 Å². The lowest BCUT2D eigenvalue weighted by atomic mass is 9.80. The molecule has 0 saturated heterocycles. The second-order valence-corrected chi connectivity index (χ2v) is 5.23. The average Bonchev–Trinajstić information content (AvgIpc) is 2.61. The summed E-state index contributed by atoms with van der Waals surface area (Å²) in [7, 11) is 1.71. The van der Waals surface area contributed by atoms with Gasteiger partial charge in [0.1, 0.15) is 0 Å². The van der Waals surface area contributed by atoms with Crippen molar-refractivity contribution in [2.24, 2.45) is 5.41 Å². The molecule has 0 aromatic rings. The van der Waals surface area contributed by atoms with Gasteiger partial charge in [0.05, 0.1) is 11.5 Å². The van der Waals surface area contributed by atoms with Crippen LogP contribution >= 0.6 is 0 Å². The van der Waals surface area contributed by atoms with Gasteiger partial charge in [-0.2, -0.15) is 0 Å². The number of amides is 1. The van der Waals surface area contributed by atoms with E-state index in [0.29, 0.717) is 12.8 Å². The molecule has 18 heavy (non-hydrogen) atoms. The molecule has 1 rings (SSSR count).